The SMILES string of the molecule is O=C1CC(Cc2nnc(SCc3ccc(Cl)cc3)n2-c2ccc(F)cc2)NC(=O)N1. The van der Waals surface area contributed by atoms with Crippen LogP contribution in [0, 0.1) is 5.82 Å². The number of nitrogens with zero attached hydrogens (tertiary/aromatic N) is 3. The van der Waals surface area contributed by atoms with Gasteiger partial charge in [-0.2, -0.15) is 0 Å². The molecule has 10 heteroatoms. The lowest BCUT2D eigenvalue weighted by molar-refractivity contribution is -0.121. The Morgan fingerprint density at radius 2 is 1.83 bits per heavy atom. The van der Waals surface area contributed by atoms with E-state index in [1.807, 2.05) is 28.8 Å². The first kappa shape index (κ1) is 20.4. The van der Waals surface area contributed by atoms with Gasteiger partial charge in [-0.15, -0.1) is 10.2 Å². The van der Waals surface area contributed by atoms with E-state index in [-0.39, 0.29) is 18.1 Å². The molecular weight excluding hydrogens is 429 g/mol. The Balaban J connectivity index is 1.61. The van der Waals surface area contributed by atoms with E-state index in [1.54, 1.807) is 12.1 Å². The second-order valence-corrected chi connectivity index (χ2v) is 8.13. The molecule has 0 aliphatic carbocycles. The number of carbonyl (C=O) groups excluding carboxylic acids is 2. The maximum atomic E-state index is 13.4. The van der Waals surface area contributed by atoms with Crippen LogP contribution >= 0.6 is 23.4 Å². The Labute approximate surface area is 181 Å². The standard InChI is InChI=1S/C20H17ClFN5O2S/c21-13-3-1-12(2-4-13)11-30-20-26-25-17(9-15-10-18(28)24-19(29)23-15)27(20)16-7-5-14(22)6-8-16/h1-8,15H,9-11H2,(H2,23,24,28,29). The fourth-order valence-electron chi connectivity index (χ4n) is 3.12. The number of hydrogen-bond donors (Lipinski definition) is 2. The molecule has 0 saturated carbocycles. The highest BCUT2D eigenvalue weighted by atomic mass is 35.5. The number of amides is 3. The molecule has 0 radical (unpaired) electrons. The first-order chi connectivity index (χ1) is 14.5. The highest BCUT2D eigenvalue weighted by molar-refractivity contribution is 7.98. The van der Waals surface area contributed by atoms with Crippen molar-refractivity contribution < 1.29 is 14.0 Å². The van der Waals surface area contributed by atoms with Gasteiger partial charge < -0.3 is 5.32 Å². The minimum absolute atomic E-state index is 0.148. The van der Waals surface area contributed by atoms with Crippen molar-refractivity contribution in [1.82, 2.24) is 25.4 Å². The predicted molar refractivity (Wildman–Crippen MR) is 111 cm³/mol. The van der Waals surface area contributed by atoms with Gasteiger partial charge in [0.25, 0.3) is 0 Å². The summed E-state index contributed by atoms with van der Waals surface area (Å²) in [5.74, 6) is 0.521. The number of hydrogen-bond acceptors (Lipinski definition) is 5. The second-order valence-electron chi connectivity index (χ2n) is 6.75. The second kappa shape index (κ2) is 8.85. The summed E-state index contributed by atoms with van der Waals surface area (Å²) in [7, 11) is 0. The topological polar surface area (TPSA) is 88.9 Å². The van der Waals surface area contributed by atoms with Crippen LogP contribution in [0.4, 0.5) is 9.18 Å². The maximum Gasteiger partial charge on any atom is 0.321 e. The van der Waals surface area contributed by atoms with Crippen LogP contribution < -0.4 is 10.6 Å². The summed E-state index contributed by atoms with van der Waals surface area (Å²) in [6.07, 6.45) is 0.459. The molecule has 1 aliphatic heterocycles. The number of halogens is 2. The molecule has 1 aliphatic rings. The van der Waals surface area contributed by atoms with Crippen LogP contribution in [0.1, 0.15) is 17.8 Å². The van der Waals surface area contributed by atoms with E-state index in [1.165, 1.54) is 23.9 Å². The van der Waals surface area contributed by atoms with Crippen LogP contribution in [0.3, 0.4) is 0 Å². The Kier molecular flexibility index (Phi) is 6.01. The normalized spacial score (nSPS) is 16.3. The Hall–Kier alpha value is -2.91. The van der Waals surface area contributed by atoms with E-state index in [2.05, 4.69) is 20.8 Å². The van der Waals surface area contributed by atoms with Gasteiger partial charge in [-0.05, 0) is 42.0 Å². The van der Waals surface area contributed by atoms with Gasteiger partial charge >= 0.3 is 6.03 Å². The molecule has 154 valence electrons. The summed E-state index contributed by atoms with van der Waals surface area (Å²) in [6.45, 7) is 0. The number of benzene rings is 2. The molecule has 30 heavy (non-hydrogen) atoms. The number of imide groups is 1. The molecule has 0 spiro atoms. The molecule has 3 amide bonds. The number of carbonyl (C=O) groups is 2. The summed E-state index contributed by atoms with van der Waals surface area (Å²) in [6, 6.07) is 12.6. The van der Waals surface area contributed by atoms with Crippen molar-refractivity contribution in [2.45, 2.75) is 29.8 Å². The van der Waals surface area contributed by atoms with Gasteiger partial charge in [0.1, 0.15) is 11.6 Å². The van der Waals surface area contributed by atoms with Gasteiger partial charge in [-0.1, -0.05) is 35.5 Å². The quantitative estimate of drug-likeness (QED) is 0.567. The Morgan fingerprint density at radius 1 is 1.10 bits per heavy atom. The highest BCUT2D eigenvalue weighted by Crippen LogP contribution is 2.27. The number of rotatable bonds is 6. The monoisotopic (exact) mass is 445 g/mol. The number of nitrogens with one attached hydrogen (secondary N) is 2. The van der Waals surface area contributed by atoms with Crippen molar-refractivity contribution in [3.05, 3.63) is 70.8 Å². The van der Waals surface area contributed by atoms with Crippen LogP contribution in [0.5, 0.6) is 0 Å². The average Bonchev–Trinajstić information content (AvgIpc) is 3.10. The van der Waals surface area contributed by atoms with Gasteiger partial charge in [0.05, 0.1) is 0 Å². The molecule has 1 aromatic heterocycles. The molecule has 4 rings (SSSR count). The van der Waals surface area contributed by atoms with E-state index in [0.717, 1.165) is 5.56 Å². The molecule has 7 nitrogen and oxygen atoms in total. The van der Waals surface area contributed by atoms with Crippen LogP contribution in [-0.4, -0.2) is 32.7 Å². The minimum Gasteiger partial charge on any atom is -0.334 e. The van der Waals surface area contributed by atoms with E-state index in [0.29, 0.717) is 33.9 Å². The third-order valence-corrected chi connectivity index (χ3v) is 5.77. The highest BCUT2D eigenvalue weighted by Gasteiger charge is 2.26. The summed E-state index contributed by atoms with van der Waals surface area (Å²) < 4.78 is 15.3. The molecule has 2 N–H and O–H groups in total. The first-order valence-corrected chi connectivity index (χ1v) is 10.5. The van der Waals surface area contributed by atoms with Crippen molar-refractivity contribution >= 4 is 35.3 Å². The van der Waals surface area contributed by atoms with Crippen LogP contribution in [0.15, 0.2) is 53.7 Å². The van der Waals surface area contributed by atoms with E-state index in [4.69, 9.17) is 11.6 Å². The molecular formula is C20H17ClFN5O2S. The molecule has 0 bridgehead atoms. The number of thioether (sulfide) groups is 1. The van der Waals surface area contributed by atoms with Gasteiger partial charge in [0.15, 0.2) is 5.16 Å². The van der Waals surface area contributed by atoms with Crippen molar-refractivity contribution in [1.29, 1.82) is 0 Å². The van der Waals surface area contributed by atoms with Gasteiger partial charge in [0, 0.05) is 35.3 Å². The first-order valence-electron chi connectivity index (χ1n) is 9.16. The number of urea groups is 1. The number of aromatic nitrogens is 3. The third-order valence-electron chi connectivity index (χ3n) is 4.52. The predicted octanol–water partition coefficient (Wildman–Crippen LogP) is 3.49. The zero-order valence-electron chi connectivity index (χ0n) is 15.6. The Bertz CT molecular complexity index is 1060. The zero-order chi connectivity index (χ0) is 21.1. The molecule has 1 fully saturated rings. The molecule has 2 heterocycles. The smallest absolute Gasteiger partial charge is 0.321 e. The molecule has 3 aromatic rings. The zero-order valence-corrected chi connectivity index (χ0v) is 17.2. The maximum absolute atomic E-state index is 13.4. The molecule has 1 saturated heterocycles. The minimum atomic E-state index is -0.526. The van der Waals surface area contributed by atoms with E-state index >= 15 is 0 Å². The molecule has 1 unspecified atom stereocenters. The van der Waals surface area contributed by atoms with Crippen LogP contribution in [-0.2, 0) is 17.0 Å². The van der Waals surface area contributed by atoms with Crippen molar-refractivity contribution in [2.24, 2.45) is 0 Å². The van der Waals surface area contributed by atoms with E-state index < -0.39 is 12.1 Å². The summed E-state index contributed by atoms with van der Waals surface area (Å²) in [5, 5.41) is 14.8. The summed E-state index contributed by atoms with van der Waals surface area (Å²) in [5.41, 5.74) is 1.76. The Morgan fingerprint density at radius 3 is 2.53 bits per heavy atom. The van der Waals surface area contributed by atoms with Crippen molar-refractivity contribution in [3.63, 3.8) is 0 Å². The largest absolute Gasteiger partial charge is 0.334 e. The van der Waals surface area contributed by atoms with Crippen LogP contribution in [0.25, 0.3) is 5.69 Å². The fraction of sp³-hybridized carbons (Fsp3) is 0.200. The average molecular weight is 446 g/mol. The van der Waals surface area contributed by atoms with E-state index in [9.17, 15) is 14.0 Å². The lowest BCUT2D eigenvalue weighted by atomic mass is 10.1. The lowest BCUT2D eigenvalue weighted by Gasteiger charge is -2.23. The third kappa shape index (κ3) is 4.80. The van der Waals surface area contributed by atoms with Crippen molar-refractivity contribution in [3.8, 4) is 5.69 Å². The van der Waals surface area contributed by atoms with Gasteiger partial charge in [0.2, 0.25) is 5.91 Å². The molecule has 2 aromatic carbocycles. The summed E-state index contributed by atoms with van der Waals surface area (Å²) in [4.78, 5) is 23.3. The lowest BCUT2D eigenvalue weighted by Crippen LogP contribution is -2.53. The van der Waals surface area contributed by atoms with Gasteiger partial charge in [-0.3, -0.25) is 14.7 Å². The molecule has 1 atom stereocenters. The fourth-order valence-corrected chi connectivity index (χ4v) is 4.17. The summed E-state index contributed by atoms with van der Waals surface area (Å²) >= 11 is 7.42. The van der Waals surface area contributed by atoms with Crippen LogP contribution in [0.2, 0.25) is 5.02 Å². The van der Waals surface area contributed by atoms with Gasteiger partial charge in [-0.25, -0.2) is 9.18 Å². The van der Waals surface area contributed by atoms with Crippen molar-refractivity contribution in [2.75, 3.05) is 0 Å².